The average molecular weight is 257 g/mol. The number of aromatic nitrogens is 2. The molecule has 1 saturated heterocycles. The molecule has 0 atom stereocenters. The van der Waals surface area contributed by atoms with E-state index < -0.39 is 5.97 Å². The first-order chi connectivity index (χ1) is 8.18. The SMILES string of the molecule is O=C(O)Cc1c(Cl)ncnc1N1CCNCC1. The molecule has 0 bridgehead atoms. The predicted molar refractivity (Wildman–Crippen MR) is 63.5 cm³/mol. The van der Waals surface area contributed by atoms with Crippen LogP contribution in [0.1, 0.15) is 5.56 Å². The average Bonchev–Trinajstić information content (AvgIpc) is 2.32. The van der Waals surface area contributed by atoms with Gasteiger partial charge in [-0.3, -0.25) is 4.79 Å². The Balaban J connectivity index is 2.30. The Morgan fingerprint density at radius 1 is 1.47 bits per heavy atom. The van der Waals surface area contributed by atoms with Crippen molar-refractivity contribution in [1.82, 2.24) is 15.3 Å². The van der Waals surface area contributed by atoms with Crippen LogP contribution in [0.4, 0.5) is 5.82 Å². The van der Waals surface area contributed by atoms with Gasteiger partial charge in [-0.25, -0.2) is 9.97 Å². The highest BCUT2D eigenvalue weighted by Gasteiger charge is 2.19. The molecule has 2 rings (SSSR count). The van der Waals surface area contributed by atoms with Crippen molar-refractivity contribution in [3.05, 3.63) is 17.0 Å². The zero-order valence-electron chi connectivity index (χ0n) is 9.19. The van der Waals surface area contributed by atoms with E-state index in [1.165, 1.54) is 6.33 Å². The Bertz CT molecular complexity index is 421. The number of nitrogens with zero attached hydrogens (tertiary/aromatic N) is 3. The number of aliphatic carboxylic acids is 1. The molecule has 0 unspecified atom stereocenters. The maximum absolute atomic E-state index is 10.8. The van der Waals surface area contributed by atoms with Crippen LogP contribution < -0.4 is 10.2 Å². The van der Waals surface area contributed by atoms with Crippen molar-refractivity contribution in [3.63, 3.8) is 0 Å². The number of piperazine rings is 1. The van der Waals surface area contributed by atoms with E-state index in [0.29, 0.717) is 11.4 Å². The minimum Gasteiger partial charge on any atom is -0.481 e. The number of halogens is 1. The second kappa shape index (κ2) is 5.29. The largest absolute Gasteiger partial charge is 0.481 e. The van der Waals surface area contributed by atoms with E-state index in [1.54, 1.807) is 0 Å². The van der Waals surface area contributed by atoms with Gasteiger partial charge in [0, 0.05) is 31.7 Å². The Labute approximate surface area is 104 Å². The number of nitrogens with one attached hydrogen (secondary N) is 1. The number of carboxylic acids is 1. The summed E-state index contributed by atoms with van der Waals surface area (Å²) in [5.41, 5.74) is 0.489. The van der Waals surface area contributed by atoms with Crippen LogP contribution in [0.3, 0.4) is 0 Å². The summed E-state index contributed by atoms with van der Waals surface area (Å²) >= 11 is 5.94. The zero-order valence-corrected chi connectivity index (χ0v) is 9.94. The van der Waals surface area contributed by atoms with Crippen LogP contribution in [0, 0.1) is 0 Å². The van der Waals surface area contributed by atoms with Gasteiger partial charge in [0.15, 0.2) is 0 Å². The van der Waals surface area contributed by atoms with Crippen LogP contribution in [0.2, 0.25) is 5.15 Å². The molecule has 1 aromatic rings. The van der Waals surface area contributed by atoms with Gasteiger partial charge < -0.3 is 15.3 Å². The minimum absolute atomic E-state index is 0.154. The molecule has 0 radical (unpaired) electrons. The van der Waals surface area contributed by atoms with E-state index in [0.717, 1.165) is 26.2 Å². The Morgan fingerprint density at radius 2 is 2.18 bits per heavy atom. The molecular formula is C10H13ClN4O2. The molecule has 7 heteroatoms. The fraction of sp³-hybridized carbons (Fsp3) is 0.500. The highest BCUT2D eigenvalue weighted by molar-refractivity contribution is 6.30. The van der Waals surface area contributed by atoms with E-state index in [4.69, 9.17) is 16.7 Å². The lowest BCUT2D eigenvalue weighted by Gasteiger charge is -2.29. The maximum Gasteiger partial charge on any atom is 0.308 e. The molecule has 92 valence electrons. The van der Waals surface area contributed by atoms with Crippen molar-refractivity contribution in [2.24, 2.45) is 0 Å². The second-order valence-electron chi connectivity index (χ2n) is 3.77. The summed E-state index contributed by atoms with van der Waals surface area (Å²) in [4.78, 5) is 20.8. The number of rotatable bonds is 3. The molecule has 1 fully saturated rings. The monoisotopic (exact) mass is 256 g/mol. The smallest absolute Gasteiger partial charge is 0.308 e. The first kappa shape index (κ1) is 12.1. The Kier molecular flexibility index (Phi) is 3.75. The van der Waals surface area contributed by atoms with Crippen molar-refractivity contribution in [3.8, 4) is 0 Å². The van der Waals surface area contributed by atoms with Crippen LogP contribution in [-0.2, 0) is 11.2 Å². The van der Waals surface area contributed by atoms with Crippen molar-refractivity contribution in [1.29, 1.82) is 0 Å². The van der Waals surface area contributed by atoms with Crippen LogP contribution in [0.15, 0.2) is 6.33 Å². The lowest BCUT2D eigenvalue weighted by molar-refractivity contribution is -0.136. The zero-order chi connectivity index (χ0) is 12.3. The molecular weight excluding hydrogens is 244 g/mol. The highest BCUT2D eigenvalue weighted by atomic mass is 35.5. The summed E-state index contributed by atoms with van der Waals surface area (Å²) < 4.78 is 0. The number of carbonyl (C=O) groups is 1. The van der Waals surface area contributed by atoms with Crippen molar-refractivity contribution in [2.45, 2.75) is 6.42 Å². The Hall–Kier alpha value is -1.40. The molecule has 6 nitrogen and oxygen atoms in total. The fourth-order valence-electron chi connectivity index (χ4n) is 1.83. The van der Waals surface area contributed by atoms with E-state index in [1.807, 2.05) is 4.90 Å². The third kappa shape index (κ3) is 2.83. The van der Waals surface area contributed by atoms with Gasteiger partial charge >= 0.3 is 5.97 Å². The molecule has 2 heterocycles. The number of carboxylic acid groups (broad SMARTS) is 1. The van der Waals surface area contributed by atoms with Gasteiger partial charge in [-0.05, 0) is 0 Å². The molecule has 1 aliphatic rings. The third-order valence-electron chi connectivity index (χ3n) is 2.61. The van der Waals surface area contributed by atoms with Gasteiger partial charge in [0.05, 0.1) is 6.42 Å². The molecule has 0 aliphatic carbocycles. The number of hydrogen-bond donors (Lipinski definition) is 2. The van der Waals surface area contributed by atoms with Gasteiger partial charge in [0.1, 0.15) is 17.3 Å². The fourth-order valence-corrected chi connectivity index (χ4v) is 2.03. The van der Waals surface area contributed by atoms with Crippen LogP contribution >= 0.6 is 11.6 Å². The molecule has 0 spiro atoms. The normalized spacial score (nSPS) is 15.9. The molecule has 2 N–H and O–H groups in total. The molecule has 0 amide bonds. The standard InChI is InChI=1S/C10H13ClN4O2/c11-9-7(5-8(16)17)10(14-6-13-9)15-3-1-12-2-4-15/h6,12H,1-5H2,(H,16,17). The summed E-state index contributed by atoms with van der Waals surface area (Å²) in [6.07, 6.45) is 1.21. The molecule has 17 heavy (non-hydrogen) atoms. The molecule has 1 aliphatic heterocycles. The van der Waals surface area contributed by atoms with Crippen molar-refractivity contribution < 1.29 is 9.90 Å². The van der Waals surface area contributed by atoms with E-state index in [9.17, 15) is 4.79 Å². The van der Waals surface area contributed by atoms with Gasteiger partial charge in [-0.1, -0.05) is 11.6 Å². The summed E-state index contributed by atoms with van der Waals surface area (Å²) in [6, 6.07) is 0. The lowest BCUT2D eigenvalue weighted by Crippen LogP contribution is -2.44. The van der Waals surface area contributed by atoms with E-state index in [2.05, 4.69) is 15.3 Å². The van der Waals surface area contributed by atoms with Gasteiger partial charge in [-0.15, -0.1) is 0 Å². The van der Waals surface area contributed by atoms with Crippen LogP contribution in [-0.4, -0.2) is 47.2 Å². The summed E-state index contributed by atoms with van der Waals surface area (Å²) in [5.74, 6) is -0.299. The van der Waals surface area contributed by atoms with Crippen LogP contribution in [0.25, 0.3) is 0 Å². The quantitative estimate of drug-likeness (QED) is 0.751. The molecule has 1 aromatic heterocycles. The Morgan fingerprint density at radius 3 is 2.82 bits per heavy atom. The maximum atomic E-state index is 10.8. The molecule has 0 saturated carbocycles. The van der Waals surface area contributed by atoms with Gasteiger partial charge in [0.2, 0.25) is 0 Å². The van der Waals surface area contributed by atoms with Crippen molar-refractivity contribution >= 4 is 23.4 Å². The van der Waals surface area contributed by atoms with Gasteiger partial charge in [-0.2, -0.15) is 0 Å². The second-order valence-corrected chi connectivity index (χ2v) is 4.13. The third-order valence-corrected chi connectivity index (χ3v) is 2.94. The minimum atomic E-state index is -0.932. The van der Waals surface area contributed by atoms with E-state index >= 15 is 0 Å². The summed E-state index contributed by atoms with van der Waals surface area (Å²) in [5, 5.41) is 12.3. The van der Waals surface area contributed by atoms with Crippen molar-refractivity contribution in [2.75, 3.05) is 31.1 Å². The summed E-state index contributed by atoms with van der Waals surface area (Å²) in [6.45, 7) is 3.29. The van der Waals surface area contributed by atoms with E-state index in [-0.39, 0.29) is 11.6 Å². The van der Waals surface area contributed by atoms with Gasteiger partial charge in [0.25, 0.3) is 0 Å². The summed E-state index contributed by atoms with van der Waals surface area (Å²) in [7, 11) is 0. The number of hydrogen-bond acceptors (Lipinski definition) is 5. The topological polar surface area (TPSA) is 78.3 Å². The highest BCUT2D eigenvalue weighted by Crippen LogP contribution is 2.24. The molecule has 0 aromatic carbocycles. The lowest BCUT2D eigenvalue weighted by atomic mass is 10.2. The predicted octanol–water partition coefficient (Wildman–Crippen LogP) is 0.167. The number of anilines is 1. The first-order valence-corrected chi connectivity index (χ1v) is 5.73. The van der Waals surface area contributed by atoms with Crippen LogP contribution in [0.5, 0.6) is 0 Å². The first-order valence-electron chi connectivity index (χ1n) is 5.35.